The number of halogens is 1. The molecule has 3 rings (SSSR count). The molecule has 0 saturated heterocycles. The fraction of sp³-hybridized carbons (Fsp3) is 0.375. The normalized spacial score (nSPS) is 11.9. The lowest BCUT2D eigenvalue weighted by molar-refractivity contribution is 0.0802. The molecular formula is C24H30ClN7O2. The second kappa shape index (κ2) is 11.2. The van der Waals surface area contributed by atoms with Crippen molar-refractivity contribution in [3.8, 4) is 11.4 Å². The van der Waals surface area contributed by atoms with E-state index in [4.69, 9.17) is 16.3 Å². The Kier molecular flexibility index (Phi) is 8.36. The minimum atomic E-state index is -0.232. The van der Waals surface area contributed by atoms with E-state index in [1.165, 1.54) is 0 Å². The number of hydrazone groups is 1. The lowest BCUT2D eigenvalue weighted by Crippen LogP contribution is -2.30. The summed E-state index contributed by atoms with van der Waals surface area (Å²) in [5.74, 6) is 0.191. The van der Waals surface area contributed by atoms with E-state index in [-0.39, 0.29) is 11.6 Å². The van der Waals surface area contributed by atoms with Crippen LogP contribution in [-0.4, -0.2) is 76.1 Å². The summed E-state index contributed by atoms with van der Waals surface area (Å²) < 4.78 is 6.87. The number of carbonyl (C=O) groups excluding carboxylic acids is 1. The summed E-state index contributed by atoms with van der Waals surface area (Å²) in [7, 11) is 3.39. The Morgan fingerprint density at radius 3 is 2.74 bits per heavy atom. The van der Waals surface area contributed by atoms with Gasteiger partial charge in [-0.15, -0.1) is 0 Å². The highest BCUT2D eigenvalue weighted by molar-refractivity contribution is 6.31. The highest BCUT2D eigenvalue weighted by Gasteiger charge is 2.21. The van der Waals surface area contributed by atoms with Gasteiger partial charge < -0.3 is 9.64 Å². The van der Waals surface area contributed by atoms with Crippen LogP contribution < -0.4 is 0 Å². The van der Waals surface area contributed by atoms with E-state index < -0.39 is 0 Å². The standard InChI is InChI=1S/C24H30ClN7O2/c1-7-32(26-4)17(3)16(2)14-30(5)24(33)22-20-12-19(25)8-9-21(20)28-23(29-22)18-13-27-31(15-18)10-11-34-6/h8-9,12-13,15H,4,7,10-11,14H2,1-3,5-6H3/b17-16+. The quantitative estimate of drug-likeness (QED) is 0.318. The SMILES string of the molecule is C=NN(CC)/C(C)=C(\C)CN(C)C(=O)c1nc(-c2cnn(CCOC)c2)nc2ccc(Cl)cc12. The van der Waals surface area contributed by atoms with Crippen molar-refractivity contribution in [3.63, 3.8) is 0 Å². The molecule has 0 fully saturated rings. The zero-order valence-corrected chi connectivity index (χ0v) is 21.0. The number of fused-ring (bicyclic) bond motifs is 1. The summed E-state index contributed by atoms with van der Waals surface area (Å²) in [4.78, 5) is 24.5. The zero-order chi connectivity index (χ0) is 24.8. The van der Waals surface area contributed by atoms with Crippen LogP contribution in [0.25, 0.3) is 22.3 Å². The Morgan fingerprint density at radius 2 is 2.06 bits per heavy atom. The van der Waals surface area contributed by atoms with Crippen molar-refractivity contribution in [2.75, 3.05) is 33.9 Å². The van der Waals surface area contributed by atoms with Gasteiger partial charge in [-0.05, 0) is 44.5 Å². The van der Waals surface area contributed by atoms with Crippen molar-refractivity contribution in [2.45, 2.75) is 27.3 Å². The van der Waals surface area contributed by atoms with Gasteiger partial charge in [0.25, 0.3) is 5.91 Å². The average molecular weight is 484 g/mol. The van der Waals surface area contributed by atoms with E-state index in [1.54, 1.807) is 53.1 Å². The first-order valence-electron chi connectivity index (χ1n) is 10.9. The van der Waals surface area contributed by atoms with E-state index in [2.05, 4.69) is 26.9 Å². The molecular weight excluding hydrogens is 454 g/mol. The molecule has 0 aliphatic rings. The van der Waals surface area contributed by atoms with E-state index in [0.717, 1.165) is 11.3 Å². The second-order valence-electron chi connectivity index (χ2n) is 7.93. The second-order valence-corrected chi connectivity index (χ2v) is 8.36. The number of ether oxygens (including phenoxy) is 1. The average Bonchev–Trinajstić information content (AvgIpc) is 3.31. The Morgan fingerprint density at radius 1 is 1.29 bits per heavy atom. The third kappa shape index (κ3) is 5.60. The summed E-state index contributed by atoms with van der Waals surface area (Å²) in [6.07, 6.45) is 3.52. The van der Waals surface area contributed by atoms with Crippen LogP contribution in [0.3, 0.4) is 0 Å². The molecule has 2 heterocycles. The minimum Gasteiger partial charge on any atom is -0.383 e. The molecule has 0 unspecified atom stereocenters. The van der Waals surface area contributed by atoms with Gasteiger partial charge >= 0.3 is 0 Å². The van der Waals surface area contributed by atoms with Crippen molar-refractivity contribution in [1.82, 2.24) is 29.7 Å². The highest BCUT2D eigenvalue weighted by atomic mass is 35.5. The minimum absolute atomic E-state index is 0.232. The molecule has 0 saturated carbocycles. The van der Waals surface area contributed by atoms with Crippen molar-refractivity contribution in [2.24, 2.45) is 5.10 Å². The van der Waals surface area contributed by atoms with Crippen LogP contribution in [0.2, 0.25) is 5.02 Å². The van der Waals surface area contributed by atoms with E-state index >= 15 is 0 Å². The largest absolute Gasteiger partial charge is 0.383 e. The van der Waals surface area contributed by atoms with Gasteiger partial charge in [-0.25, -0.2) is 9.97 Å². The summed E-state index contributed by atoms with van der Waals surface area (Å²) >= 11 is 6.24. The smallest absolute Gasteiger partial charge is 0.273 e. The van der Waals surface area contributed by atoms with Crippen LogP contribution >= 0.6 is 11.6 Å². The fourth-order valence-electron chi connectivity index (χ4n) is 3.57. The zero-order valence-electron chi connectivity index (χ0n) is 20.2. The molecule has 0 radical (unpaired) electrons. The molecule has 1 amide bonds. The Bertz CT molecular complexity index is 1220. The van der Waals surface area contributed by atoms with Crippen LogP contribution in [0, 0.1) is 0 Å². The van der Waals surface area contributed by atoms with E-state index in [0.29, 0.717) is 53.6 Å². The number of rotatable bonds is 10. The van der Waals surface area contributed by atoms with Crippen LogP contribution in [0.5, 0.6) is 0 Å². The van der Waals surface area contributed by atoms with Gasteiger partial charge in [-0.3, -0.25) is 14.5 Å². The lowest BCUT2D eigenvalue weighted by atomic mass is 10.1. The molecule has 9 nitrogen and oxygen atoms in total. The molecule has 1 aromatic carbocycles. The van der Waals surface area contributed by atoms with E-state index in [9.17, 15) is 4.79 Å². The molecule has 0 spiro atoms. The first-order chi connectivity index (χ1) is 16.3. The number of likely N-dealkylation sites (N-methyl/N-ethyl adjacent to an activating group) is 1. The number of nitrogens with zero attached hydrogens (tertiary/aromatic N) is 7. The first-order valence-corrected chi connectivity index (χ1v) is 11.3. The molecule has 0 N–H and O–H groups in total. The van der Waals surface area contributed by atoms with Gasteiger partial charge in [0.15, 0.2) is 5.82 Å². The maximum absolute atomic E-state index is 13.6. The maximum atomic E-state index is 13.6. The maximum Gasteiger partial charge on any atom is 0.273 e. The van der Waals surface area contributed by atoms with Crippen LogP contribution in [0.4, 0.5) is 0 Å². The van der Waals surface area contributed by atoms with Crippen LogP contribution in [0.15, 0.2) is 47.0 Å². The molecule has 0 aliphatic carbocycles. The van der Waals surface area contributed by atoms with Crippen molar-refractivity contribution >= 4 is 35.1 Å². The predicted molar refractivity (Wildman–Crippen MR) is 135 cm³/mol. The Hall–Kier alpha value is -3.30. The fourth-order valence-corrected chi connectivity index (χ4v) is 3.74. The number of hydrogen-bond acceptors (Lipinski definition) is 7. The van der Waals surface area contributed by atoms with Gasteiger partial charge in [0.05, 0.1) is 30.4 Å². The molecule has 0 bridgehead atoms. The molecule has 2 aromatic heterocycles. The van der Waals surface area contributed by atoms with Crippen molar-refractivity contribution in [3.05, 3.63) is 52.6 Å². The van der Waals surface area contributed by atoms with Gasteiger partial charge in [0, 0.05) is 56.3 Å². The number of hydrogen-bond donors (Lipinski definition) is 0. The van der Waals surface area contributed by atoms with Gasteiger partial charge in [0.1, 0.15) is 5.69 Å². The van der Waals surface area contributed by atoms with Gasteiger partial charge in [-0.2, -0.15) is 10.2 Å². The number of carbonyl (C=O) groups is 1. The van der Waals surface area contributed by atoms with Crippen molar-refractivity contribution < 1.29 is 9.53 Å². The number of amides is 1. The summed E-state index contributed by atoms with van der Waals surface area (Å²) in [6, 6.07) is 5.26. The van der Waals surface area contributed by atoms with Crippen LogP contribution in [-0.2, 0) is 11.3 Å². The molecule has 0 aliphatic heterocycles. The Labute approximate surface area is 204 Å². The molecule has 10 heteroatoms. The number of methoxy groups -OCH3 is 1. The predicted octanol–water partition coefficient (Wildman–Crippen LogP) is 4.10. The molecule has 0 atom stereocenters. The van der Waals surface area contributed by atoms with Crippen LogP contribution in [0.1, 0.15) is 31.3 Å². The molecule has 34 heavy (non-hydrogen) atoms. The topological polar surface area (TPSA) is 88.7 Å². The van der Waals surface area contributed by atoms with Gasteiger partial charge in [-0.1, -0.05) is 11.6 Å². The monoisotopic (exact) mass is 483 g/mol. The van der Waals surface area contributed by atoms with Crippen molar-refractivity contribution in [1.29, 1.82) is 0 Å². The number of aromatic nitrogens is 4. The first kappa shape index (κ1) is 25.3. The van der Waals surface area contributed by atoms with Gasteiger partial charge in [0.2, 0.25) is 0 Å². The summed E-state index contributed by atoms with van der Waals surface area (Å²) in [5, 5.41) is 11.3. The number of allylic oxidation sites excluding steroid dienone is 1. The molecule has 180 valence electrons. The summed E-state index contributed by atoms with van der Waals surface area (Å²) in [5.41, 5.74) is 3.59. The number of benzene rings is 1. The Balaban J connectivity index is 2.00. The van der Waals surface area contributed by atoms with E-state index in [1.807, 2.05) is 27.0 Å². The third-order valence-corrected chi connectivity index (χ3v) is 5.81. The summed E-state index contributed by atoms with van der Waals surface area (Å²) in [6.45, 7) is 11.8. The molecule has 3 aromatic rings. The third-order valence-electron chi connectivity index (χ3n) is 5.57. The lowest BCUT2D eigenvalue weighted by Gasteiger charge is -2.23. The highest BCUT2D eigenvalue weighted by Crippen LogP contribution is 2.25.